The monoisotopic (exact) mass is 252 g/mol. The first kappa shape index (κ1) is 13.4. The predicted octanol–water partition coefficient (Wildman–Crippen LogP) is 2.05. The predicted molar refractivity (Wildman–Crippen MR) is 48.6 cm³/mol. The van der Waals surface area contributed by atoms with Gasteiger partial charge in [-0.05, 0) is 17.7 Å². The van der Waals surface area contributed by atoms with Crippen molar-refractivity contribution >= 4 is 5.97 Å². The molecule has 7 heteroatoms. The van der Waals surface area contributed by atoms with E-state index < -0.39 is 35.5 Å². The van der Waals surface area contributed by atoms with Crippen LogP contribution in [0.4, 0.5) is 17.6 Å². The molecule has 1 unspecified atom stereocenters. The van der Waals surface area contributed by atoms with Gasteiger partial charge < -0.3 is 10.2 Å². The Hall–Kier alpha value is -1.63. The molecule has 17 heavy (non-hydrogen) atoms. The van der Waals surface area contributed by atoms with Gasteiger partial charge >= 0.3 is 12.1 Å². The lowest BCUT2D eigenvalue weighted by Gasteiger charge is -2.29. The third kappa shape index (κ3) is 2.73. The summed E-state index contributed by atoms with van der Waals surface area (Å²) in [7, 11) is 0. The summed E-state index contributed by atoms with van der Waals surface area (Å²) in [5, 5.41) is 17.8. The lowest BCUT2D eigenvalue weighted by atomic mass is 9.90. The smallest absolute Gasteiger partial charge is 0.422 e. The number of carboxylic acids is 1. The molecule has 0 saturated carbocycles. The number of aliphatic hydroxyl groups is 1. The molecule has 0 radical (unpaired) electrons. The topological polar surface area (TPSA) is 57.5 Å². The molecule has 94 valence electrons. The van der Waals surface area contributed by atoms with E-state index in [0.29, 0.717) is 24.3 Å². The SMILES string of the molecule is O=C(O)CC(O)(c1ccc(F)cc1)C(F)(F)F. The minimum absolute atomic E-state index is 0.700. The van der Waals surface area contributed by atoms with Gasteiger partial charge in [-0.25, -0.2) is 4.39 Å². The van der Waals surface area contributed by atoms with Crippen LogP contribution in [0.3, 0.4) is 0 Å². The molecule has 0 spiro atoms. The van der Waals surface area contributed by atoms with Crippen LogP contribution < -0.4 is 0 Å². The highest BCUT2D eigenvalue weighted by Crippen LogP contribution is 2.41. The molecule has 0 heterocycles. The molecule has 1 aromatic carbocycles. The maximum Gasteiger partial charge on any atom is 0.422 e. The number of aliphatic carboxylic acids is 1. The first-order valence-corrected chi connectivity index (χ1v) is 4.44. The summed E-state index contributed by atoms with van der Waals surface area (Å²) in [4.78, 5) is 10.4. The second-order valence-electron chi connectivity index (χ2n) is 3.44. The average Bonchev–Trinajstić information content (AvgIpc) is 2.15. The molecule has 0 aromatic heterocycles. The largest absolute Gasteiger partial charge is 0.481 e. The first-order chi connectivity index (χ1) is 7.67. The highest BCUT2D eigenvalue weighted by molar-refractivity contribution is 5.68. The van der Waals surface area contributed by atoms with E-state index in [1.54, 1.807) is 0 Å². The van der Waals surface area contributed by atoms with Gasteiger partial charge in [0, 0.05) is 0 Å². The number of hydrogen-bond acceptors (Lipinski definition) is 2. The van der Waals surface area contributed by atoms with E-state index in [1.165, 1.54) is 0 Å². The van der Waals surface area contributed by atoms with Crippen molar-refractivity contribution < 1.29 is 32.6 Å². The van der Waals surface area contributed by atoms with Crippen molar-refractivity contribution in [3.8, 4) is 0 Å². The minimum atomic E-state index is -5.16. The maximum atomic E-state index is 12.6. The highest BCUT2D eigenvalue weighted by Gasteiger charge is 2.56. The zero-order valence-corrected chi connectivity index (χ0v) is 8.33. The van der Waals surface area contributed by atoms with Crippen LogP contribution in [-0.4, -0.2) is 22.4 Å². The van der Waals surface area contributed by atoms with Crippen molar-refractivity contribution in [1.82, 2.24) is 0 Å². The van der Waals surface area contributed by atoms with E-state index in [1.807, 2.05) is 0 Å². The Morgan fingerprint density at radius 2 is 1.65 bits per heavy atom. The summed E-state index contributed by atoms with van der Waals surface area (Å²) in [6.07, 6.45) is -6.70. The Labute approximate surface area is 93.3 Å². The Bertz CT molecular complexity index is 413. The molecule has 0 saturated heterocycles. The summed E-state index contributed by atoms with van der Waals surface area (Å²) in [5.41, 5.74) is -4.24. The van der Waals surface area contributed by atoms with Crippen molar-refractivity contribution in [2.45, 2.75) is 18.2 Å². The Kier molecular flexibility index (Phi) is 3.42. The number of carbonyl (C=O) groups is 1. The van der Waals surface area contributed by atoms with Crippen molar-refractivity contribution in [3.05, 3.63) is 35.6 Å². The number of alkyl halides is 3. The molecule has 0 aliphatic heterocycles. The number of rotatable bonds is 3. The molecule has 0 aliphatic carbocycles. The van der Waals surface area contributed by atoms with Gasteiger partial charge in [0.2, 0.25) is 0 Å². The van der Waals surface area contributed by atoms with Crippen LogP contribution in [0.1, 0.15) is 12.0 Å². The summed E-state index contributed by atoms with van der Waals surface area (Å²) in [6.45, 7) is 0. The maximum absolute atomic E-state index is 12.6. The molecular weight excluding hydrogens is 244 g/mol. The summed E-state index contributed by atoms with van der Waals surface area (Å²) in [5.74, 6) is -2.59. The molecule has 0 aliphatic rings. The fraction of sp³-hybridized carbons (Fsp3) is 0.300. The van der Waals surface area contributed by atoms with Crippen LogP contribution in [0.25, 0.3) is 0 Å². The number of halogens is 4. The molecule has 1 aromatic rings. The standard InChI is InChI=1S/C10H8F4O3/c11-7-3-1-6(2-4-7)9(17,5-8(15)16)10(12,13)14/h1-4,17H,5H2,(H,15,16). The minimum Gasteiger partial charge on any atom is -0.481 e. The van der Waals surface area contributed by atoms with Gasteiger partial charge in [-0.3, -0.25) is 4.79 Å². The van der Waals surface area contributed by atoms with Crippen LogP contribution in [0, 0.1) is 5.82 Å². The normalized spacial score (nSPS) is 15.4. The second kappa shape index (κ2) is 4.33. The third-order valence-corrected chi connectivity index (χ3v) is 2.20. The van der Waals surface area contributed by atoms with E-state index in [-0.39, 0.29) is 0 Å². The van der Waals surface area contributed by atoms with Gasteiger partial charge in [0.15, 0.2) is 5.60 Å². The summed E-state index contributed by atoms with van der Waals surface area (Å²) >= 11 is 0. The molecule has 0 amide bonds. The van der Waals surface area contributed by atoms with E-state index in [9.17, 15) is 27.5 Å². The van der Waals surface area contributed by atoms with Crippen LogP contribution in [0.2, 0.25) is 0 Å². The fourth-order valence-corrected chi connectivity index (χ4v) is 1.31. The van der Waals surface area contributed by atoms with E-state index in [2.05, 4.69) is 0 Å². The number of benzene rings is 1. The van der Waals surface area contributed by atoms with Crippen molar-refractivity contribution in [2.24, 2.45) is 0 Å². The number of hydrogen-bond donors (Lipinski definition) is 2. The van der Waals surface area contributed by atoms with Gasteiger partial charge in [-0.2, -0.15) is 13.2 Å². The van der Waals surface area contributed by atoms with E-state index in [4.69, 9.17) is 5.11 Å². The Morgan fingerprint density at radius 3 is 2.00 bits per heavy atom. The first-order valence-electron chi connectivity index (χ1n) is 4.44. The van der Waals surface area contributed by atoms with Crippen molar-refractivity contribution in [3.63, 3.8) is 0 Å². The van der Waals surface area contributed by atoms with Crippen LogP contribution >= 0.6 is 0 Å². The van der Waals surface area contributed by atoms with Crippen molar-refractivity contribution in [1.29, 1.82) is 0 Å². The Morgan fingerprint density at radius 1 is 1.18 bits per heavy atom. The van der Waals surface area contributed by atoms with Crippen LogP contribution in [0.5, 0.6) is 0 Å². The van der Waals surface area contributed by atoms with Gasteiger partial charge in [0.25, 0.3) is 0 Å². The lowest BCUT2D eigenvalue weighted by Crippen LogP contribution is -2.44. The van der Waals surface area contributed by atoms with E-state index >= 15 is 0 Å². The molecule has 1 atom stereocenters. The molecule has 1 rings (SSSR count). The summed E-state index contributed by atoms with van der Waals surface area (Å²) < 4.78 is 50.5. The van der Waals surface area contributed by atoms with Crippen LogP contribution in [-0.2, 0) is 10.4 Å². The molecule has 3 nitrogen and oxygen atoms in total. The third-order valence-electron chi connectivity index (χ3n) is 2.20. The molecule has 0 bridgehead atoms. The second-order valence-corrected chi connectivity index (χ2v) is 3.44. The Balaban J connectivity index is 3.24. The van der Waals surface area contributed by atoms with E-state index in [0.717, 1.165) is 0 Å². The lowest BCUT2D eigenvalue weighted by molar-refractivity contribution is -0.269. The zero-order valence-electron chi connectivity index (χ0n) is 8.33. The molecule has 0 fully saturated rings. The molecule has 2 N–H and O–H groups in total. The van der Waals surface area contributed by atoms with Gasteiger partial charge in [0.1, 0.15) is 5.82 Å². The zero-order chi connectivity index (χ0) is 13.3. The quantitative estimate of drug-likeness (QED) is 0.809. The highest BCUT2D eigenvalue weighted by atomic mass is 19.4. The number of carboxylic acid groups (broad SMARTS) is 1. The van der Waals surface area contributed by atoms with Gasteiger partial charge in [-0.1, -0.05) is 12.1 Å². The summed E-state index contributed by atoms with van der Waals surface area (Å²) in [6, 6.07) is 2.83. The van der Waals surface area contributed by atoms with Crippen LogP contribution in [0.15, 0.2) is 24.3 Å². The van der Waals surface area contributed by atoms with Gasteiger partial charge in [0.05, 0.1) is 6.42 Å². The molecular formula is C10H8F4O3. The fourth-order valence-electron chi connectivity index (χ4n) is 1.31. The average molecular weight is 252 g/mol. The van der Waals surface area contributed by atoms with Gasteiger partial charge in [-0.15, -0.1) is 0 Å². The van der Waals surface area contributed by atoms with Crippen molar-refractivity contribution in [2.75, 3.05) is 0 Å².